The molecule has 0 aliphatic carbocycles. The number of anilines is 1. The van der Waals surface area contributed by atoms with Crippen LogP contribution in [0.3, 0.4) is 0 Å². The maximum absolute atomic E-state index is 10.2. The average Bonchev–Trinajstić information content (AvgIpc) is 2.79. The van der Waals surface area contributed by atoms with Crippen molar-refractivity contribution in [2.45, 2.75) is 30.2 Å². The molecule has 0 aromatic carbocycles. The highest BCUT2D eigenvalue weighted by molar-refractivity contribution is 7.92. The van der Waals surface area contributed by atoms with Crippen LogP contribution in [-0.2, 0) is 22.3 Å². The van der Waals surface area contributed by atoms with Crippen molar-refractivity contribution in [3.8, 4) is 0 Å². The van der Waals surface area contributed by atoms with Gasteiger partial charge in [0.25, 0.3) is 4.90 Å². The molecule has 1 N–H and O–H groups in total. The molecular formula is C12H17ClN3O2S+. The summed E-state index contributed by atoms with van der Waals surface area (Å²) in [5, 5.41) is 0.270. The summed E-state index contributed by atoms with van der Waals surface area (Å²) in [5.74, 6) is 1.53. The highest BCUT2D eigenvalue weighted by atomic mass is 35.5. The third-order valence-electron chi connectivity index (χ3n) is 3.73. The zero-order valence-electron chi connectivity index (χ0n) is 10.8. The van der Waals surface area contributed by atoms with Crippen molar-refractivity contribution in [1.82, 2.24) is 9.97 Å². The van der Waals surface area contributed by atoms with Gasteiger partial charge in [-0.15, -0.1) is 0 Å². The number of aromatic nitrogens is 2. The molecule has 1 saturated heterocycles. The van der Waals surface area contributed by atoms with Gasteiger partial charge in [0.05, 0.1) is 0 Å². The summed E-state index contributed by atoms with van der Waals surface area (Å²) in [4.78, 5) is 11.6. The zero-order chi connectivity index (χ0) is 13.4. The van der Waals surface area contributed by atoms with Gasteiger partial charge in [0.2, 0.25) is 5.28 Å². The van der Waals surface area contributed by atoms with Crippen LogP contribution in [0, 0.1) is 0 Å². The van der Waals surface area contributed by atoms with E-state index in [1.54, 1.807) is 0 Å². The molecule has 3 rings (SSSR count). The highest BCUT2D eigenvalue weighted by Crippen LogP contribution is 2.34. The first-order valence-corrected chi connectivity index (χ1v) is 8.16. The number of fused-ring (bicyclic) bond motifs is 1. The largest absolute Gasteiger partial charge is 0.381 e. The van der Waals surface area contributed by atoms with Gasteiger partial charge in [-0.2, -0.15) is 9.54 Å². The summed E-state index contributed by atoms with van der Waals surface area (Å²) >= 11 is 5.26. The Bertz CT molecular complexity index is 482. The summed E-state index contributed by atoms with van der Waals surface area (Å²) in [6.45, 7) is 1.56. The van der Waals surface area contributed by atoms with E-state index in [0.717, 1.165) is 54.6 Å². The van der Waals surface area contributed by atoms with Gasteiger partial charge in [-0.3, -0.25) is 0 Å². The minimum absolute atomic E-state index is 0.270. The van der Waals surface area contributed by atoms with Crippen molar-refractivity contribution < 1.29 is 9.29 Å². The van der Waals surface area contributed by atoms with Crippen molar-refractivity contribution >= 4 is 28.6 Å². The summed E-state index contributed by atoms with van der Waals surface area (Å²) in [5.41, 5.74) is 0.903. The van der Waals surface area contributed by atoms with Crippen molar-refractivity contribution in [3.63, 3.8) is 0 Å². The molecule has 2 aliphatic rings. The van der Waals surface area contributed by atoms with E-state index in [4.69, 9.17) is 16.3 Å². The Morgan fingerprint density at radius 2 is 2.11 bits per heavy atom. The van der Waals surface area contributed by atoms with E-state index in [0.29, 0.717) is 6.04 Å². The van der Waals surface area contributed by atoms with Gasteiger partial charge in [-0.1, -0.05) is 0 Å². The first-order chi connectivity index (χ1) is 9.16. The first kappa shape index (κ1) is 13.4. The summed E-state index contributed by atoms with van der Waals surface area (Å²) in [6.07, 6.45) is 2.74. The fraction of sp³-hybridized carbons (Fsp3) is 0.667. The average molecular weight is 303 g/mol. The fourth-order valence-electron chi connectivity index (χ4n) is 2.64. The van der Waals surface area contributed by atoms with Crippen LogP contribution in [0.15, 0.2) is 4.90 Å². The Morgan fingerprint density at radius 3 is 2.84 bits per heavy atom. The second kappa shape index (κ2) is 5.44. The lowest BCUT2D eigenvalue weighted by molar-refractivity contribution is 0.0852. The van der Waals surface area contributed by atoms with Crippen LogP contribution < -0.4 is 4.90 Å². The molecule has 1 unspecified atom stereocenters. The predicted octanol–water partition coefficient (Wildman–Crippen LogP) is 1.75. The minimum Gasteiger partial charge on any atom is -0.381 e. The van der Waals surface area contributed by atoms with E-state index in [1.165, 1.54) is 0 Å². The second-order valence-corrected chi connectivity index (χ2v) is 6.75. The van der Waals surface area contributed by atoms with Crippen LogP contribution in [0.2, 0.25) is 5.28 Å². The molecule has 3 heterocycles. The predicted molar refractivity (Wildman–Crippen MR) is 76.1 cm³/mol. The summed E-state index contributed by atoms with van der Waals surface area (Å²) in [6, 6.07) is 0.390. The van der Waals surface area contributed by atoms with Crippen molar-refractivity contribution in [3.05, 3.63) is 11.0 Å². The summed E-state index contributed by atoms with van der Waals surface area (Å²) in [7, 11) is 2.02. The SMILES string of the molecule is CN(c1nc(Cl)nc2c1[S+](O)CC2)C1CCOCC1. The third kappa shape index (κ3) is 2.54. The zero-order valence-corrected chi connectivity index (χ0v) is 12.4. The van der Waals surface area contributed by atoms with Gasteiger partial charge in [0, 0.05) is 32.7 Å². The van der Waals surface area contributed by atoms with Gasteiger partial charge >= 0.3 is 0 Å². The van der Waals surface area contributed by atoms with Crippen LogP contribution >= 0.6 is 11.6 Å². The number of aryl methyl sites for hydroxylation is 1. The van der Waals surface area contributed by atoms with E-state index >= 15 is 0 Å². The van der Waals surface area contributed by atoms with E-state index in [-0.39, 0.29) is 5.28 Å². The molecule has 1 atom stereocenters. The Kier molecular flexibility index (Phi) is 3.84. The topological polar surface area (TPSA) is 58.5 Å². The lowest BCUT2D eigenvalue weighted by atomic mass is 10.1. The van der Waals surface area contributed by atoms with Crippen molar-refractivity contribution in [2.24, 2.45) is 0 Å². The highest BCUT2D eigenvalue weighted by Gasteiger charge is 2.39. The quantitative estimate of drug-likeness (QED) is 0.666. The molecule has 2 aliphatic heterocycles. The molecule has 1 aromatic rings. The lowest BCUT2D eigenvalue weighted by Gasteiger charge is -2.31. The van der Waals surface area contributed by atoms with Gasteiger partial charge in [-0.05, 0) is 24.4 Å². The van der Waals surface area contributed by atoms with Crippen LogP contribution in [0.5, 0.6) is 0 Å². The Balaban J connectivity index is 1.95. The third-order valence-corrected chi connectivity index (χ3v) is 5.38. The molecule has 5 nitrogen and oxygen atoms in total. The number of nitrogens with zero attached hydrogens (tertiary/aromatic N) is 3. The molecule has 7 heteroatoms. The van der Waals surface area contributed by atoms with E-state index < -0.39 is 11.2 Å². The van der Waals surface area contributed by atoms with Gasteiger partial charge in [0.15, 0.2) is 22.7 Å². The molecule has 0 spiro atoms. The van der Waals surface area contributed by atoms with Crippen LogP contribution in [0.25, 0.3) is 0 Å². The second-order valence-electron chi connectivity index (χ2n) is 4.87. The standard InChI is InChI=1S/C12H17ClN3O2S/c1-16(8-2-5-18-6-3-8)11-10-9(4-7-19(10)17)14-12(13)15-11/h8,17H,2-7H2,1H3/q+1. The van der Waals surface area contributed by atoms with Gasteiger partial charge < -0.3 is 9.64 Å². The lowest BCUT2D eigenvalue weighted by Crippen LogP contribution is -2.38. The minimum atomic E-state index is -0.749. The molecule has 104 valence electrons. The van der Waals surface area contributed by atoms with Crippen LogP contribution in [-0.4, -0.2) is 46.6 Å². The molecule has 1 fully saturated rings. The van der Waals surface area contributed by atoms with Gasteiger partial charge in [-0.25, -0.2) is 4.98 Å². The number of ether oxygens (including phenoxy) is 1. The monoisotopic (exact) mass is 302 g/mol. The Labute approximate surface area is 120 Å². The molecule has 0 radical (unpaired) electrons. The molecule has 0 amide bonds. The van der Waals surface area contributed by atoms with E-state index in [2.05, 4.69) is 14.9 Å². The first-order valence-electron chi connectivity index (χ1n) is 6.44. The number of halogens is 1. The molecule has 0 saturated carbocycles. The normalized spacial score (nSPS) is 23.4. The molecule has 19 heavy (non-hydrogen) atoms. The van der Waals surface area contributed by atoms with Crippen LogP contribution in [0.4, 0.5) is 5.82 Å². The van der Waals surface area contributed by atoms with Gasteiger partial charge in [0.1, 0.15) is 5.69 Å². The van der Waals surface area contributed by atoms with E-state index in [1.807, 2.05) is 7.05 Å². The van der Waals surface area contributed by atoms with Crippen LogP contribution in [0.1, 0.15) is 18.5 Å². The molecular weight excluding hydrogens is 286 g/mol. The summed E-state index contributed by atoms with van der Waals surface area (Å²) < 4.78 is 15.5. The van der Waals surface area contributed by atoms with Crippen molar-refractivity contribution in [2.75, 3.05) is 30.9 Å². The maximum Gasteiger partial charge on any atom is 0.253 e. The fourth-order valence-corrected chi connectivity index (χ4v) is 4.24. The number of rotatable bonds is 2. The number of hydrogen-bond donors (Lipinski definition) is 1. The van der Waals surface area contributed by atoms with Crippen molar-refractivity contribution in [1.29, 1.82) is 0 Å². The van der Waals surface area contributed by atoms with E-state index in [9.17, 15) is 4.55 Å². The number of hydrogen-bond acceptors (Lipinski definition) is 5. The molecule has 0 bridgehead atoms. The Morgan fingerprint density at radius 1 is 1.37 bits per heavy atom. The Hall–Kier alpha value is -0.560. The smallest absolute Gasteiger partial charge is 0.253 e. The molecule has 1 aromatic heterocycles. The maximum atomic E-state index is 10.2.